The molecule has 6 nitrogen and oxygen atoms in total. The van der Waals surface area contributed by atoms with Gasteiger partial charge < -0.3 is 5.32 Å². The monoisotopic (exact) mass is 326 g/mol. The van der Waals surface area contributed by atoms with Crippen LogP contribution in [0.2, 0.25) is 0 Å². The number of rotatable bonds is 4. The third-order valence-electron chi connectivity index (χ3n) is 4.29. The second-order valence-electron chi connectivity index (χ2n) is 6.26. The Morgan fingerprint density at radius 2 is 2.00 bits per heavy atom. The highest BCUT2D eigenvalue weighted by atomic mass is 16.2. The molecule has 24 heavy (non-hydrogen) atoms. The average molecular weight is 326 g/mol. The lowest BCUT2D eigenvalue weighted by atomic mass is 10.1. The van der Waals surface area contributed by atoms with Gasteiger partial charge in [-0.3, -0.25) is 14.5 Å². The maximum Gasteiger partial charge on any atom is 0.243 e. The molecule has 2 heterocycles. The molecule has 1 aromatic carbocycles. The van der Waals surface area contributed by atoms with Crippen molar-refractivity contribution < 1.29 is 9.59 Å². The van der Waals surface area contributed by atoms with E-state index in [1.807, 2.05) is 44.2 Å². The summed E-state index contributed by atoms with van der Waals surface area (Å²) in [6.45, 7) is 6.67. The molecule has 0 fully saturated rings. The molecule has 1 atom stereocenters. The quantitative estimate of drug-likeness (QED) is 0.934. The Morgan fingerprint density at radius 3 is 2.71 bits per heavy atom. The molecule has 2 amide bonds. The standard InChI is InChI=1S/C18H22N4O2/c1-12-4-6-15(7-5-12)11-19-18(24)14(3)22-16-10-13(2)20-21(16)9-8-17(22)23/h4-7,10,14H,8-9,11H2,1-3H3,(H,19,24)/t14-/m1/s1. The van der Waals surface area contributed by atoms with Gasteiger partial charge in [0.05, 0.1) is 12.2 Å². The fraction of sp³-hybridized carbons (Fsp3) is 0.389. The molecule has 6 heteroatoms. The van der Waals surface area contributed by atoms with E-state index in [-0.39, 0.29) is 11.8 Å². The summed E-state index contributed by atoms with van der Waals surface area (Å²) in [6.07, 6.45) is 0.365. The molecule has 0 radical (unpaired) electrons. The zero-order valence-electron chi connectivity index (χ0n) is 14.2. The largest absolute Gasteiger partial charge is 0.350 e. The van der Waals surface area contributed by atoms with Crippen LogP contribution >= 0.6 is 0 Å². The number of nitrogens with zero attached hydrogens (tertiary/aromatic N) is 3. The van der Waals surface area contributed by atoms with Gasteiger partial charge in [-0.1, -0.05) is 29.8 Å². The van der Waals surface area contributed by atoms with E-state index in [4.69, 9.17) is 0 Å². The van der Waals surface area contributed by atoms with E-state index in [9.17, 15) is 9.59 Å². The van der Waals surface area contributed by atoms with Crippen LogP contribution < -0.4 is 10.2 Å². The average Bonchev–Trinajstić information content (AvgIpc) is 2.93. The molecular weight excluding hydrogens is 304 g/mol. The molecule has 1 aliphatic rings. The second kappa shape index (κ2) is 6.47. The van der Waals surface area contributed by atoms with E-state index in [1.54, 1.807) is 16.5 Å². The van der Waals surface area contributed by atoms with Crippen molar-refractivity contribution >= 4 is 17.6 Å². The number of fused-ring (bicyclic) bond motifs is 1. The number of anilines is 1. The highest BCUT2D eigenvalue weighted by molar-refractivity contribution is 6.00. The van der Waals surface area contributed by atoms with Crippen LogP contribution in [0.25, 0.3) is 0 Å². The Hall–Kier alpha value is -2.63. The molecule has 0 spiro atoms. The Balaban J connectivity index is 1.71. The molecule has 1 N–H and O–H groups in total. The first kappa shape index (κ1) is 16.2. The van der Waals surface area contributed by atoms with E-state index in [0.29, 0.717) is 25.3 Å². The topological polar surface area (TPSA) is 67.2 Å². The Labute approximate surface area is 141 Å². The van der Waals surface area contributed by atoms with E-state index in [1.165, 1.54) is 5.56 Å². The summed E-state index contributed by atoms with van der Waals surface area (Å²) >= 11 is 0. The Kier molecular flexibility index (Phi) is 4.38. The number of aryl methyl sites for hydroxylation is 3. The van der Waals surface area contributed by atoms with Gasteiger partial charge in [0.1, 0.15) is 11.9 Å². The van der Waals surface area contributed by atoms with Crippen molar-refractivity contribution in [1.29, 1.82) is 0 Å². The first-order chi connectivity index (χ1) is 11.5. The van der Waals surface area contributed by atoms with Crippen molar-refractivity contribution in [1.82, 2.24) is 15.1 Å². The molecule has 0 bridgehead atoms. The molecule has 0 aliphatic carbocycles. The number of carbonyl (C=O) groups is 2. The van der Waals surface area contributed by atoms with Crippen molar-refractivity contribution in [2.75, 3.05) is 4.90 Å². The molecule has 0 saturated carbocycles. The molecule has 0 unspecified atom stereocenters. The normalized spacial score (nSPS) is 15.1. The van der Waals surface area contributed by atoms with Crippen LogP contribution in [0.1, 0.15) is 30.2 Å². The van der Waals surface area contributed by atoms with Crippen LogP contribution in [0.5, 0.6) is 0 Å². The van der Waals surface area contributed by atoms with Gasteiger partial charge >= 0.3 is 0 Å². The summed E-state index contributed by atoms with van der Waals surface area (Å²) in [6, 6.07) is 9.29. The summed E-state index contributed by atoms with van der Waals surface area (Å²) in [5.74, 6) is 0.485. The molecule has 2 aromatic rings. The number of hydrogen-bond donors (Lipinski definition) is 1. The van der Waals surface area contributed by atoms with Gasteiger partial charge in [0.25, 0.3) is 0 Å². The van der Waals surface area contributed by atoms with Crippen LogP contribution in [-0.2, 0) is 22.7 Å². The highest BCUT2D eigenvalue weighted by Gasteiger charge is 2.32. The number of amides is 2. The van der Waals surface area contributed by atoms with E-state index in [0.717, 1.165) is 11.3 Å². The van der Waals surface area contributed by atoms with Gasteiger partial charge in [-0.05, 0) is 26.3 Å². The van der Waals surface area contributed by atoms with Gasteiger partial charge in [-0.2, -0.15) is 5.10 Å². The summed E-state index contributed by atoms with van der Waals surface area (Å²) in [4.78, 5) is 26.4. The maximum atomic E-state index is 12.5. The molecule has 126 valence electrons. The molecule has 1 aromatic heterocycles. The third-order valence-corrected chi connectivity index (χ3v) is 4.29. The molecule has 0 saturated heterocycles. The van der Waals surface area contributed by atoms with E-state index < -0.39 is 6.04 Å². The second-order valence-corrected chi connectivity index (χ2v) is 6.26. The Morgan fingerprint density at radius 1 is 1.29 bits per heavy atom. The van der Waals surface area contributed by atoms with Gasteiger partial charge in [0, 0.05) is 19.0 Å². The fourth-order valence-electron chi connectivity index (χ4n) is 2.91. The highest BCUT2D eigenvalue weighted by Crippen LogP contribution is 2.24. The number of benzene rings is 1. The van der Waals surface area contributed by atoms with Crippen LogP contribution in [0, 0.1) is 13.8 Å². The van der Waals surface area contributed by atoms with Gasteiger partial charge in [0.15, 0.2) is 0 Å². The predicted molar refractivity (Wildman–Crippen MR) is 91.6 cm³/mol. The van der Waals surface area contributed by atoms with Crippen LogP contribution in [0.3, 0.4) is 0 Å². The minimum atomic E-state index is -0.571. The smallest absolute Gasteiger partial charge is 0.243 e. The zero-order valence-corrected chi connectivity index (χ0v) is 14.2. The predicted octanol–water partition coefficient (Wildman–Crippen LogP) is 1.94. The van der Waals surface area contributed by atoms with Crippen molar-refractivity contribution in [3.8, 4) is 0 Å². The maximum absolute atomic E-state index is 12.5. The SMILES string of the molecule is Cc1ccc(CNC(=O)[C@@H](C)N2C(=O)CCn3nc(C)cc32)cc1. The fourth-order valence-corrected chi connectivity index (χ4v) is 2.91. The summed E-state index contributed by atoms with van der Waals surface area (Å²) in [5.41, 5.74) is 3.06. The number of hydrogen-bond acceptors (Lipinski definition) is 3. The number of carbonyl (C=O) groups excluding carboxylic acids is 2. The lowest BCUT2D eigenvalue weighted by molar-refractivity contribution is -0.126. The summed E-state index contributed by atoms with van der Waals surface area (Å²) in [7, 11) is 0. The lowest BCUT2D eigenvalue weighted by Gasteiger charge is -2.31. The molecular formula is C18H22N4O2. The van der Waals surface area contributed by atoms with Crippen molar-refractivity contribution in [2.24, 2.45) is 0 Å². The number of aromatic nitrogens is 2. The first-order valence-electron chi connectivity index (χ1n) is 8.15. The number of nitrogens with one attached hydrogen (secondary N) is 1. The zero-order chi connectivity index (χ0) is 17.3. The van der Waals surface area contributed by atoms with E-state index in [2.05, 4.69) is 10.4 Å². The third kappa shape index (κ3) is 3.18. The van der Waals surface area contributed by atoms with Gasteiger partial charge in [-0.15, -0.1) is 0 Å². The van der Waals surface area contributed by atoms with Crippen molar-refractivity contribution in [2.45, 2.75) is 46.3 Å². The molecule has 3 rings (SSSR count). The minimum Gasteiger partial charge on any atom is -0.350 e. The van der Waals surface area contributed by atoms with E-state index >= 15 is 0 Å². The van der Waals surface area contributed by atoms with Gasteiger partial charge in [0.2, 0.25) is 11.8 Å². The minimum absolute atomic E-state index is 0.0413. The van der Waals surface area contributed by atoms with Gasteiger partial charge in [-0.25, -0.2) is 4.68 Å². The van der Waals surface area contributed by atoms with Crippen LogP contribution in [0.4, 0.5) is 5.82 Å². The summed E-state index contributed by atoms with van der Waals surface area (Å²) in [5, 5.41) is 7.28. The summed E-state index contributed by atoms with van der Waals surface area (Å²) < 4.78 is 1.79. The molecule has 1 aliphatic heterocycles. The van der Waals surface area contributed by atoms with Crippen LogP contribution in [0.15, 0.2) is 30.3 Å². The first-order valence-corrected chi connectivity index (χ1v) is 8.15. The Bertz CT molecular complexity index is 764. The van der Waals surface area contributed by atoms with Crippen molar-refractivity contribution in [3.05, 3.63) is 47.2 Å². The lowest BCUT2D eigenvalue weighted by Crippen LogP contribution is -2.50. The van der Waals surface area contributed by atoms with Crippen molar-refractivity contribution in [3.63, 3.8) is 0 Å². The van der Waals surface area contributed by atoms with Crippen LogP contribution in [-0.4, -0.2) is 27.6 Å².